The Labute approximate surface area is 77.7 Å². The zero-order valence-electron chi connectivity index (χ0n) is 7.84. The summed E-state index contributed by atoms with van der Waals surface area (Å²) in [5.41, 5.74) is 1.14. The van der Waals surface area contributed by atoms with Crippen LogP contribution in [0.4, 0.5) is 0 Å². The van der Waals surface area contributed by atoms with E-state index in [-0.39, 0.29) is 0 Å². The van der Waals surface area contributed by atoms with E-state index in [1.165, 1.54) is 0 Å². The average Bonchev–Trinajstić information content (AvgIpc) is 2.71. The zero-order valence-corrected chi connectivity index (χ0v) is 7.84. The highest BCUT2D eigenvalue weighted by Gasteiger charge is 2.14. The maximum atomic E-state index is 5.26. The Kier molecular flexibility index (Phi) is 2.61. The van der Waals surface area contributed by atoms with E-state index in [0.29, 0.717) is 6.04 Å². The summed E-state index contributed by atoms with van der Waals surface area (Å²) in [6.07, 6.45) is 2.99. The number of aromatic nitrogens is 2. The Hall–Kier alpha value is -0.870. The van der Waals surface area contributed by atoms with Crippen molar-refractivity contribution in [2.75, 3.05) is 13.2 Å². The maximum absolute atomic E-state index is 5.26. The number of hydrogen-bond donors (Lipinski definition) is 2. The monoisotopic (exact) mass is 181 g/mol. The normalized spacial score (nSPS) is 22.4. The summed E-state index contributed by atoms with van der Waals surface area (Å²) in [6, 6.07) is 0.517. The van der Waals surface area contributed by atoms with Crippen LogP contribution in [0, 0.1) is 6.92 Å². The predicted octanol–water partition coefficient (Wildman–Crippen LogP) is 0.597. The minimum Gasteiger partial charge on any atom is -0.380 e. The lowest BCUT2D eigenvalue weighted by molar-refractivity contribution is 0.189. The van der Waals surface area contributed by atoms with E-state index >= 15 is 0 Å². The molecule has 0 saturated carbocycles. The Morgan fingerprint density at radius 3 is 3.31 bits per heavy atom. The molecule has 1 aliphatic rings. The van der Waals surface area contributed by atoms with Crippen LogP contribution in [0.5, 0.6) is 0 Å². The quantitative estimate of drug-likeness (QED) is 0.717. The number of rotatable bonds is 3. The molecule has 1 atom stereocenters. The third-order valence-corrected chi connectivity index (χ3v) is 2.27. The van der Waals surface area contributed by atoms with Gasteiger partial charge in [0.2, 0.25) is 0 Å². The van der Waals surface area contributed by atoms with Crippen molar-refractivity contribution in [1.29, 1.82) is 0 Å². The van der Waals surface area contributed by atoms with E-state index in [1.807, 2.05) is 13.1 Å². The summed E-state index contributed by atoms with van der Waals surface area (Å²) in [7, 11) is 0. The number of aromatic amines is 1. The lowest BCUT2D eigenvalue weighted by Gasteiger charge is -2.08. The molecule has 2 rings (SSSR count). The van der Waals surface area contributed by atoms with Crippen molar-refractivity contribution < 1.29 is 4.74 Å². The second-order valence-electron chi connectivity index (χ2n) is 3.44. The van der Waals surface area contributed by atoms with Crippen LogP contribution in [0.2, 0.25) is 0 Å². The van der Waals surface area contributed by atoms with Crippen LogP contribution in [0.15, 0.2) is 6.20 Å². The van der Waals surface area contributed by atoms with E-state index < -0.39 is 0 Å². The second kappa shape index (κ2) is 3.89. The van der Waals surface area contributed by atoms with Gasteiger partial charge in [-0.2, -0.15) is 0 Å². The highest BCUT2D eigenvalue weighted by Crippen LogP contribution is 2.04. The van der Waals surface area contributed by atoms with Crippen LogP contribution in [0.25, 0.3) is 0 Å². The van der Waals surface area contributed by atoms with Gasteiger partial charge in [0.1, 0.15) is 5.82 Å². The van der Waals surface area contributed by atoms with Crippen molar-refractivity contribution in [2.24, 2.45) is 0 Å². The molecule has 1 aliphatic heterocycles. The first-order chi connectivity index (χ1) is 6.34. The molecule has 2 N–H and O–H groups in total. The SMILES string of the molecule is Cc1ncc(CNC2CCOC2)[nH]1. The van der Waals surface area contributed by atoms with Crippen molar-refractivity contribution in [3.8, 4) is 0 Å². The zero-order chi connectivity index (χ0) is 9.10. The second-order valence-corrected chi connectivity index (χ2v) is 3.44. The molecule has 1 aromatic rings. The van der Waals surface area contributed by atoms with Crippen LogP contribution < -0.4 is 5.32 Å². The van der Waals surface area contributed by atoms with Crippen LogP contribution in [0.1, 0.15) is 17.9 Å². The van der Waals surface area contributed by atoms with E-state index in [0.717, 1.165) is 37.7 Å². The molecule has 1 unspecified atom stereocenters. The van der Waals surface area contributed by atoms with Crippen molar-refractivity contribution in [2.45, 2.75) is 25.9 Å². The molecule has 0 amide bonds. The highest BCUT2D eigenvalue weighted by atomic mass is 16.5. The van der Waals surface area contributed by atoms with Gasteiger partial charge in [-0.1, -0.05) is 0 Å². The van der Waals surface area contributed by atoms with Gasteiger partial charge in [-0.15, -0.1) is 0 Å². The standard InChI is InChI=1S/C9H15N3O/c1-7-10-4-9(12-7)5-11-8-2-3-13-6-8/h4,8,11H,2-3,5-6H2,1H3,(H,10,12). The maximum Gasteiger partial charge on any atom is 0.103 e. The number of aryl methyl sites for hydroxylation is 1. The molecule has 4 nitrogen and oxygen atoms in total. The molecule has 4 heteroatoms. The molecule has 0 bridgehead atoms. The molecule has 0 spiro atoms. The molecule has 0 aromatic carbocycles. The summed E-state index contributed by atoms with van der Waals surface area (Å²) >= 11 is 0. The molecule has 1 fully saturated rings. The Morgan fingerprint density at radius 2 is 2.69 bits per heavy atom. The minimum absolute atomic E-state index is 0.517. The lowest BCUT2D eigenvalue weighted by atomic mass is 10.2. The Morgan fingerprint density at radius 1 is 1.77 bits per heavy atom. The topological polar surface area (TPSA) is 49.9 Å². The van der Waals surface area contributed by atoms with E-state index in [1.54, 1.807) is 0 Å². The Balaban J connectivity index is 1.78. The highest BCUT2D eigenvalue weighted by molar-refractivity contribution is 4.99. The fourth-order valence-corrected chi connectivity index (χ4v) is 1.51. The number of nitrogens with zero attached hydrogens (tertiary/aromatic N) is 1. The summed E-state index contributed by atoms with van der Waals surface area (Å²) in [5, 5.41) is 3.41. The first-order valence-corrected chi connectivity index (χ1v) is 4.66. The number of nitrogens with one attached hydrogen (secondary N) is 2. The summed E-state index contributed by atoms with van der Waals surface area (Å²) < 4.78 is 5.26. The number of hydrogen-bond acceptors (Lipinski definition) is 3. The fraction of sp³-hybridized carbons (Fsp3) is 0.667. The molecular formula is C9H15N3O. The van der Waals surface area contributed by atoms with Crippen LogP contribution in [0.3, 0.4) is 0 Å². The summed E-state index contributed by atoms with van der Waals surface area (Å²) in [4.78, 5) is 7.32. The van der Waals surface area contributed by atoms with Gasteiger partial charge >= 0.3 is 0 Å². The average molecular weight is 181 g/mol. The number of imidazole rings is 1. The van der Waals surface area contributed by atoms with Crippen LogP contribution in [-0.2, 0) is 11.3 Å². The van der Waals surface area contributed by atoms with Crippen molar-refractivity contribution in [3.05, 3.63) is 17.7 Å². The molecule has 0 radical (unpaired) electrons. The van der Waals surface area contributed by atoms with Crippen LogP contribution in [-0.4, -0.2) is 29.2 Å². The third kappa shape index (κ3) is 2.29. The Bertz CT molecular complexity index is 266. The molecule has 72 valence electrons. The van der Waals surface area contributed by atoms with Crippen molar-refractivity contribution in [1.82, 2.24) is 15.3 Å². The first kappa shape index (κ1) is 8.72. The first-order valence-electron chi connectivity index (χ1n) is 4.66. The van der Waals surface area contributed by atoms with Gasteiger partial charge in [0.15, 0.2) is 0 Å². The van der Waals surface area contributed by atoms with Gasteiger partial charge in [-0.3, -0.25) is 0 Å². The van der Waals surface area contributed by atoms with E-state index in [9.17, 15) is 0 Å². The molecular weight excluding hydrogens is 166 g/mol. The van der Waals surface area contributed by atoms with Crippen LogP contribution >= 0.6 is 0 Å². The molecule has 1 aromatic heterocycles. The predicted molar refractivity (Wildman–Crippen MR) is 49.4 cm³/mol. The van der Waals surface area contributed by atoms with Gasteiger partial charge in [-0.25, -0.2) is 4.98 Å². The smallest absolute Gasteiger partial charge is 0.103 e. The van der Waals surface area contributed by atoms with Crippen molar-refractivity contribution in [3.63, 3.8) is 0 Å². The van der Waals surface area contributed by atoms with Gasteiger partial charge < -0.3 is 15.0 Å². The summed E-state index contributed by atoms with van der Waals surface area (Å²) in [6.45, 7) is 4.55. The molecule has 2 heterocycles. The minimum atomic E-state index is 0.517. The van der Waals surface area contributed by atoms with Gasteiger partial charge in [0.25, 0.3) is 0 Å². The summed E-state index contributed by atoms with van der Waals surface area (Å²) in [5.74, 6) is 0.972. The van der Waals surface area contributed by atoms with Crippen molar-refractivity contribution >= 4 is 0 Å². The number of H-pyrrole nitrogens is 1. The van der Waals surface area contributed by atoms with E-state index in [4.69, 9.17) is 4.74 Å². The van der Waals surface area contributed by atoms with Gasteiger partial charge in [0.05, 0.1) is 6.61 Å². The fourth-order valence-electron chi connectivity index (χ4n) is 1.51. The molecule has 1 saturated heterocycles. The molecule has 0 aliphatic carbocycles. The third-order valence-electron chi connectivity index (χ3n) is 2.27. The van der Waals surface area contributed by atoms with Gasteiger partial charge in [0, 0.05) is 31.1 Å². The van der Waals surface area contributed by atoms with Gasteiger partial charge in [-0.05, 0) is 13.3 Å². The molecule has 13 heavy (non-hydrogen) atoms. The largest absolute Gasteiger partial charge is 0.380 e. The number of ether oxygens (including phenoxy) is 1. The lowest BCUT2D eigenvalue weighted by Crippen LogP contribution is -2.28. The van der Waals surface area contributed by atoms with E-state index in [2.05, 4.69) is 15.3 Å².